The Kier molecular flexibility index (Phi) is 5.00. The van der Waals surface area contributed by atoms with Crippen molar-refractivity contribution >= 4 is 62.6 Å². The summed E-state index contributed by atoms with van der Waals surface area (Å²) in [7, 11) is 0. The Morgan fingerprint density at radius 3 is 2.30 bits per heavy atom. The maximum Gasteiger partial charge on any atom is 0.364 e. The zero-order chi connectivity index (χ0) is 16.4. The van der Waals surface area contributed by atoms with Crippen LogP contribution in [0.1, 0.15) is 11.1 Å². The van der Waals surface area contributed by atoms with Crippen LogP contribution < -0.4 is 0 Å². The molecule has 23 heavy (non-hydrogen) atoms. The molecular weight excluding hydrogens is 520 g/mol. The van der Waals surface area contributed by atoms with Crippen LogP contribution in [0.15, 0.2) is 65.3 Å². The smallest absolute Gasteiger partial charge is 0.364 e. The third kappa shape index (κ3) is 3.57. The van der Waals surface area contributed by atoms with E-state index in [-0.39, 0.29) is 7.68 Å². The first kappa shape index (κ1) is 16.4. The second kappa shape index (κ2) is 7.00. The lowest BCUT2D eigenvalue weighted by Gasteiger charge is -2.10. The Labute approximate surface area is 160 Å². The van der Waals surface area contributed by atoms with Crippen LogP contribution in [0.4, 0.5) is 0 Å². The molecular formula is C17H11I2NO3. The van der Waals surface area contributed by atoms with Crippen LogP contribution in [0.2, 0.25) is 0 Å². The van der Waals surface area contributed by atoms with Crippen molar-refractivity contribution in [1.82, 2.24) is 0 Å². The van der Waals surface area contributed by atoms with E-state index in [0.29, 0.717) is 11.6 Å². The molecule has 0 spiro atoms. The average Bonchev–Trinajstić information content (AvgIpc) is 2.92. The molecule has 6 heteroatoms. The molecule has 4 nitrogen and oxygen atoms in total. The fraction of sp³-hybridized carbons (Fsp3) is 0.0588. The number of hydrogen-bond acceptors (Lipinski definition) is 4. The number of rotatable bonds is 3. The molecule has 1 N–H and O–H groups in total. The number of aromatic hydroxyl groups is 1. The van der Waals surface area contributed by atoms with E-state index in [9.17, 15) is 9.90 Å². The minimum absolute atomic E-state index is 0.0242. The SMILES string of the molecule is O=C1OC(c2ccccc2)=N/C1=C(/c1ccc(O)cc1)C(I)I. The molecule has 1 heterocycles. The number of allylic oxidation sites excluding steroid dienone is 1. The van der Waals surface area contributed by atoms with Crippen molar-refractivity contribution in [3.05, 3.63) is 71.4 Å². The molecule has 0 saturated carbocycles. The number of ether oxygens (including phenoxy) is 1. The lowest BCUT2D eigenvalue weighted by molar-refractivity contribution is -0.129. The van der Waals surface area contributed by atoms with Gasteiger partial charge in [0, 0.05) is 11.1 Å². The molecule has 0 fully saturated rings. The summed E-state index contributed by atoms with van der Waals surface area (Å²) in [6.07, 6.45) is 0. The summed E-state index contributed by atoms with van der Waals surface area (Å²) < 4.78 is 5.36. The van der Waals surface area contributed by atoms with E-state index in [1.165, 1.54) is 0 Å². The molecule has 0 unspecified atom stereocenters. The van der Waals surface area contributed by atoms with Gasteiger partial charge in [-0.15, -0.1) is 0 Å². The fourth-order valence-electron chi connectivity index (χ4n) is 2.19. The van der Waals surface area contributed by atoms with E-state index in [4.69, 9.17) is 4.74 Å². The number of carbonyl (C=O) groups excluding carboxylic acids is 1. The van der Waals surface area contributed by atoms with E-state index in [2.05, 4.69) is 50.2 Å². The molecule has 0 saturated heterocycles. The van der Waals surface area contributed by atoms with Crippen molar-refractivity contribution in [1.29, 1.82) is 0 Å². The monoisotopic (exact) mass is 531 g/mol. The van der Waals surface area contributed by atoms with Gasteiger partial charge in [0.25, 0.3) is 0 Å². The van der Waals surface area contributed by atoms with Gasteiger partial charge in [-0.2, -0.15) is 0 Å². The van der Waals surface area contributed by atoms with Crippen LogP contribution >= 0.6 is 45.2 Å². The van der Waals surface area contributed by atoms with E-state index in [1.807, 2.05) is 30.3 Å². The standard InChI is InChI=1S/C17H11I2NO3/c18-15(19)13(10-6-8-12(21)9-7-10)14-17(22)23-16(20-14)11-4-2-1-3-5-11/h1-9,15,21H/b14-13-. The molecule has 0 bridgehead atoms. The third-order valence-corrected chi connectivity index (χ3v) is 4.51. The Hall–Kier alpha value is -1.42. The summed E-state index contributed by atoms with van der Waals surface area (Å²) in [6, 6.07) is 16.0. The minimum atomic E-state index is -0.453. The Balaban J connectivity index is 2.10. The van der Waals surface area contributed by atoms with Crippen LogP contribution in [-0.2, 0) is 9.53 Å². The maximum absolute atomic E-state index is 12.3. The Morgan fingerprint density at radius 1 is 1.04 bits per heavy atom. The fourth-order valence-corrected chi connectivity index (χ4v) is 3.50. The second-order valence-corrected chi connectivity index (χ2v) is 9.66. The van der Waals surface area contributed by atoms with Crippen molar-refractivity contribution in [2.75, 3.05) is 0 Å². The van der Waals surface area contributed by atoms with Crippen molar-refractivity contribution < 1.29 is 14.6 Å². The van der Waals surface area contributed by atoms with Gasteiger partial charge in [-0.05, 0) is 29.8 Å². The van der Waals surface area contributed by atoms with E-state index < -0.39 is 5.97 Å². The highest BCUT2D eigenvalue weighted by Crippen LogP contribution is 2.35. The summed E-state index contributed by atoms with van der Waals surface area (Å²) in [5.41, 5.74) is 2.69. The molecule has 2 aromatic carbocycles. The predicted octanol–water partition coefficient (Wildman–Crippen LogP) is 4.30. The van der Waals surface area contributed by atoms with Gasteiger partial charge in [0.2, 0.25) is 5.90 Å². The highest BCUT2D eigenvalue weighted by molar-refractivity contribution is 14.2. The Bertz CT molecular complexity index is 796. The molecule has 1 aliphatic heterocycles. The molecule has 3 rings (SSSR count). The van der Waals surface area contributed by atoms with Crippen LogP contribution in [0.3, 0.4) is 0 Å². The van der Waals surface area contributed by atoms with Crippen molar-refractivity contribution in [3.63, 3.8) is 0 Å². The highest BCUT2D eigenvalue weighted by Gasteiger charge is 2.29. The van der Waals surface area contributed by atoms with Gasteiger partial charge in [-0.3, -0.25) is 0 Å². The third-order valence-electron chi connectivity index (χ3n) is 3.27. The van der Waals surface area contributed by atoms with Crippen LogP contribution in [0.25, 0.3) is 5.57 Å². The first-order chi connectivity index (χ1) is 11.1. The zero-order valence-corrected chi connectivity index (χ0v) is 16.1. The summed E-state index contributed by atoms with van der Waals surface area (Å²) in [5, 5.41) is 9.45. The normalized spacial score (nSPS) is 16.3. The number of cyclic esters (lactones) is 1. The highest BCUT2D eigenvalue weighted by atomic mass is 127. The number of carbonyl (C=O) groups is 1. The number of nitrogens with zero attached hydrogens (tertiary/aromatic N) is 1. The molecule has 0 aromatic heterocycles. The van der Waals surface area contributed by atoms with E-state index in [0.717, 1.165) is 16.7 Å². The maximum atomic E-state index is 12.3. The van der Waals surface area contributed by atoms with Gasteiger partial charge in [-0.1, -0.05) is 75.5 Å². The first-order valence-corrected chi connectivity index (χ1v) is 9.23. The number of esters is 1. The Morgan fingerprint density at radius 2 is 1.70 bits per heavy atom. The number of hydrogen-bond donors (Lipinski definition) is 1. The average molecular weight is 531 g/mol. The molecule has 1 aliphatic rings. The number of halogens is 2. The number of phenols is 1. The van der Waals surface area contributed by atoms with Crippen molar-refractivity contribution in [2.45, 2.75) is 1.93 Å². The summed E-state index contributed by atoms with van der Waals surface area (Å²) >= 11 is 4.45. The second-order valence-electron chi connectivity index (χ2n) is 4.78. The summed E-state index contributed by atoms with van der Waals surface area (Å²) in [6.45, 7) is 0. The largest absolute Gasteiger partial charge is 0.508 e. The van der Waals surface area contributed by atoms with Crippen molar-refractivity contribution in [3.8, 4) is 5.75 Å². The van der Waals surface area contributed by atoms with Crippen molar-refractivity contribution in [2.24, 2.45) is 4.99 Å². The zero-order valence-electron chi connectivity index (χ0n) is 11.7. The lowest BCUT2D eigenvalue weighted by Crippen LogP contribution is -2.07. The first-order valence-electron chi connectivity index (χ1n) is 6.74. The molecule has 116 valence electrons. The van der Waals surface area contributed by atoms with Gasteiger partial charge in [0.15, 0.2) is 5.70 Å². The molecule has 0 atom stereocenters. The lowest BCUT2D eigenvalue weighted by atomic mass is 10.1. The van der Waals surface area contributed by atoms with Crippen LogP contribution in [0, 0.1) is 0 Å². The quantitative estimate of drug-likeness (QED) is 0.278. The number of benzene rings is 2. The van der Waals surface area contributed by atoms with E-state index >= 15 is 0 Å². The number of aliphatic imine (C=N–C) groups is 1. The number of phenolic OH excluding ortho intramolecular Hbond substituents is 1. The van der Waals surface area contributed by atoms with Gasteiger partial charge in [-0.25, -0.2) is 9.79 Å². The van der Waals surface area contributed by atoms with E-state index in [1.54, 1.807) is 24.3 Å². The predicted molar refractivity (Wildman–Crippen MR) is 106 cm³/mol. The molecule has 0 aliphatic carbocycles. The van der Waals surface area contributed by atoms with Gasteiger partial charge < -0.3 is 9.84 Å². The topological polar surface area (TPSA) is 58.9 Å². The molecule has 0 radical (unpaired) electrons. The minimum Gasteiger partial charge on any atom is -0.508 e. The van der Waals surface area contributed by atoms with Crippen LogP contribution in [-0.4, -0.2) is 18.9 Å². The van der Waals surface area contributed by atoms with Gasteiger partial charge in [0.1, 0.15) is 5.75 Å². The van der Waals surface area contributed by atoms with Gasteiger partial charge in [0.05, 0.1) is 1.93 Å². The molecule has 2 aromatic rings. The van der Waals surface area contributed by atoms with Crippen LogP contribution in [0.5, 0.6) is 5.75 Å². The summed E-state index contributed by atoms with van der Waals surface area (Å²) in [4.78, 5) is 16.7. The van der Waals surface area contributed by atoms with Gasteiger partial charge >= 0.3 is 5.97 Å². The molecule has 0 amide bonds. The summed E-state index contributed by atoms with van der Waals surface area (Å²) in [5.74, 6) is 0.0413. The number of alkyl halides is 2.